The molecule has 0 radical (unpaired) electrons. The second-order valence-electron chi connectivity index (χ2n) is 4.72. The maximum Gasteiger partial charge on any atom is 0.167 e. The van der Waals surface area contributed by atoms with Crippen molar-refractivity contribution in [3.8, 4) is 11.5 Å². The van der Waals surface area contributed by atoms with Crippen molar-refractivity contribution in [2.24, 2.45) is 9.98 Å². The van der Waals surface area contributed by atoms with E-state index in [1.54, 1.807) is 24.6 Å². The summed E-state index contributed by atoms with van der Waals surface area (Å²) in [7, 11) is 0. The Morgan fingerprint density at radius 3 is 1.60 bits per heavy atom. The van der Waals surface area contributed by atoms with Gasteiger partial charge in [-0.15, -0.1) is 0 Å². The Balaban J connectivity index is 2.76. The van der Waals surface area contributed by atoms with Gasteiger partial charge in [0.05, 0.1) is 0 Å². The topological polar surface area (TPSA) is 65.2 Å². The average molecular weight is 276 g/mol. The van der Waals surface area contributed by atoms with Gasteiger partial charge in [-0.1, -0.05) is 26.7 Å². The van der Waals surface area contributed by atoms with Crippen molar-refractivity contribution in [2.75, 3.05) is 13.1 Å². The molecule has 0 bridgehead atoms. The molecular formula is C16H24N2O2. The number of hydrogen-bond acceptors (Lipinski definition) is 4. The average Bonchev–Trinajstić information content (AvgIpc) is 2.46. The number of unbranched alkanes of at least 4 members (excludes halogenated alkanes) is 2. The highest BCUT2D eigenvalue weighted by Crippen LogP contribution is 2.30. The summed E-state index contributed by atoms with van der Waals surface area (Å²) in [5.74, 6) is -0.269. The van der Waals surface area contributed by atoms with Gasteiger partial charge >= 0.3 is 0 Å². The number of phenolic OH excluding ortho intramolecular Hbond substituents is 2. The predicted molar refractivity (Wildman–Crippen MR) is 84.5 cm³/mol. The molecule has 2 N–H and O–H groups in total. The predicted octanol–water partition coefficient (Wildman–Crippen LogP) is 3.54. The van der Waals surface area contributed by atoms with Gasteiger partial charge in [0.15, 0.2) is 11.5 Å². The van der Waals surface area contributed by atoms with Crippen LogP contribution in [0, 0.1) is 0 Å². The highest BCUT2D eigenvalue weighted by molar-refractivity contribution is 5.91. The summed E-state index contributed by atoms with van der Waals surface area (Å²) in [6.07, 6.45) is 7.41. The van der Waals surface area contributed by atoms with Crippen LogP contribution in [0.2, 0.25) is 0 Å². The molecular weight excluding hydrogens is 252 g/mol. The number of benzene rings is 1. The van der Waals surface area contributed by atoms with Crippen molar-refractivity contribution < 1.29 is 10.2 Å². The Morgan fingerprint density at radius 2 is 1.25 bits per heavy atom. The molecule has 1 rings (SSSR count). The smallest absolute Gasteiger partial charge is 0.167 e. The van der Waals surface area contributed by atoms with Crippen LogP contribution < -0.4 is 0 Å². The minimum absolute atomic E-state index is 0.135. The molecule has 1 aromatic carbocycles. The summed E-state index contributed by atoms with van der Waals surface area (Å²) in [4.78, 5) is 8.44. The molecule has 0 aliphatic carbocycles. The van der Waals surface area contributed by atoms with Gasteiger partial charge in [-0.3, -0.25) is 9.98 Å². The highest BCUT2D eigenvalue weighted by atomic mass is 16.3. The zero-order valence-corrected chi connectivity index (χ0v) is 12.3. The standard InChI is InChI=1S/C16H24N2O2/c1-3-5-9-17-11-13-7-8-14(16(20)15(13)19)12-18-10-6-4-2/h7-8,11-12,19-20H,3-6,9-10H2,1-2H3/b17-11+,18-12+. The first-order chi connectivity index (χ1) is 9.70. The molecule has 0 spiro atoms. The van der Waals surface area contributed by atoms with Crippen LogP contribution in [0.4, 0.5) is 0 Å². The Bertz CT molecular complexity index is 425. The van der Waals surface area contributed by atoms with E-state index in [4.69, 9.17) is 0 Å². The first-order valence-corrected chi connectivity index (χ1v) is 7.25. The summed E-state index contributed by atoms with van der Waals surface area (Å²) in [5, 5.41) is 19.9. The molecule has 0 aromatic heterocycles. The Labute approximate surface area is 120 Å². The summed E-state index contributed by atoms with van der Waals surface area (Å²) < 4.78 is 0. The largest absolute Gasteiger partial charge is 0.504 e. The van der Waals surface area contributed by atoms with Gasteiger partial charge in [-0.25, -0.2) is 0 Å². The molecule has 4 heteroatoms. The van der Waals surface area contributed by atoms with Crippen molar-refractivity contribution in [1.82, 2.24) is 0 Å². The van der Waals surface area contributed by atoms with Gasteiger partial charge < -0.3 is 10.2 Å². The van der Waals surface area contributed by atoms with E-state index in [1.807, 2.05) is 0 Å². The fourth-order valence-electron chi connectivity index (χ4n) is 1.64. The van der Waals surface area contributed by atoms with Crippen LogP contribution in [-0.4, -0.2) is 35.7 Å². The van der Waals surface area contributed by atoms with Gasteiger partial charge in [-0.05, 0) is 25.0 Å². The second-order valence-corrected chi connectivity index (χ2v) is 4.72. The minimum Gasteiger partial charge on any atom is -0.504 e. The molecule has 4 nitrogen and oxygen atoms in total. The number of aromatic hydroxyl groups is 2. The molecule has 0 saturated heterocycles. The first kappa shape index (κ1) is 16.2. The normalized spacial score (nSPS) is 11.7. The van der Waals surface area contributed by atoms with E-state index >= 15 is 0 Å². The molecule has 0 amide bonds. The van der Waals surface area contributed by atoms with Crippen molar-refractivity contribution in [3.63, 3.8) is 0 Å². The maximum absolute atomic E-state index is 9.93. The van der Waals surface area contributed by atoms with E-state index in [-0.39, 0.29) is 11.5 Å². The van der Waals surface area contributed by atoms with Crippen molar-refractivity contribution in [3.05, 3.63) is 23.3 Å². The third kappa shape index (κ3) is 5.03. The van der Waals surface area contributed by atoms with Crippen molar-refractivity contribution >= 4 is 12.4 Å². The lowest BCUT2D eigenvalue weighted by molar-refractivity contribution is 0.402. The molecule has 0 aliphatic rings. The van der Waals surface area contributed by atoms with Gasteiger partial charge in [-0.2, -0.15) is 0 Å². The Kier molecular flexibility index (Phi) is 7.40. The molecule has 0 heterocycles. The van der Waals surface area contributed by atoms with Gasteiger partial charge in [0.1, 0.15) is 0 Å². The van der Waals surface area contributed by atoms with Crippen LogP contribution in [0.25, 0.3) is 0 Å². The lowest BCUT2D eigenvalue weighted by Crippen LogP contribution is -1.91. The second kappa shape index (κ2) is 9.13. The quantitative estimate of drug-likeness (QED) is 0.433. The van der Waals surface area contributed by atoms with E-state index in [0.29, 0.717) is 11.1 Å². The van der Waals surface area contributed by atoms with Gasteiger partial charge in [0, 0.05) is 36.6 Å². The summed E-state index contributed by atoms with van der Waals surface area (Å²) >= 11 is 0. The SMILES string of the molecule is CCCC/N=C/c1ccc(/C=N/CCCC)c(O)c1O. The number of phenols is 2. The van der Waals surface area contributed by atoms with Gasteiger partial charge in [0.25, 0.3) is 0 Å². The number of rotatable bonds is 8. The molecule has 0 unspecified atom stereocenters. The number of aliphatic imine (C=N–C) groups is 2. The third-order valence-corrected chi connectivity index (χ3v) is 2.96. The number of hydrogen-bond donors (Lipinski definition) is 2. The molecule has 20 heavy (non-hydrogen) atoms. The van der Waals surface area contributed by atoms with E-state index < -0.39 is 0 Å². The summed E-state index contributed by atoms with van der Waals surface area (Å²) in [5.41, 5.74) is 1.06. The molecule has 110 valence electrons. The van der Waals surface area contributed by atoms with E-state index in [9.17, 15) is 10.2 Å². The van der Waals surface area contributed by atoms with Crippen LogP contribution >= 0.6 is 0 Å². The van der Waals surface area contributed by atoms with E-state index in [0.717, 1.165) is 38.8 Å². The molecule has 0 aliphatic heterocycles. The summed E-state index contributed by atoms with van der Waals surface area (Å²) in [6, 6.07) is 3.48. The van der Waals surface area contributed by atoms with Crippen molar-refractivity contribution in [1.29, 1.82) is 0 Å². The zero-order chi connectivity index (χ0) is 14.8. The van der Waals surface area contributed by atoms with E-state index in [1.165, 1.54) is 0 Å². The highest BCUT2D eigenvalue weighted by Gasteiger charge is 2.08. The monoisotopic (exact) mass is 276 g/mol. The molecule has 0 fully saturated rings. The Morgan fingerprint density at radius 1 is 0.850 bits per heavy atom. The van der Waals surface area contributed by atoms with Crippen LogP contribution in [0.5, 0.6) is 11.5 Å². The lowest BCUT2D eigenvalue weighted by atomic mass is 10.1. The van der Waals surface area contributed by atoms with Gasteiger partial charge in [0.2, 0.25) is 0 Å². The van der Waals surface area contributed by atoms with Crippen LogP contribution in [0.3, 0.4) is 0 Å². The third-order valence-electron chi connectivity index (χ3n) is 2.96. The molecule has 0 atom stereocenters. The Hall–Kier alpha value is -1.84. The molecule has 0 saturated carbocycles. The fourth-order valence-corrected chi connectivity index (χ4v) is 1.64. The van der Waals surface area contributed by atoms with E-state index in [2.05, 4.69) is 23.8 Å². The van der Waals surface area contributed by atoms with Crippen LogP contribution in [-0.2, 0) is 0 Å². The molecule has 1 aromatic rings. The van der Waals surface area contributed by atoms with Crippen LogP contribution in [0.1, 0.15) is 50.7 Å². The first-order valence-electron chi connectivity index (χ1n) is 7.25. The lowest BCUT2D eigenvalue weighted by Gasteiger charge is -2.05. The minimum atomic E-state index is -0.135. The number of nitrogens with zero attached hydrogens (tertiary/aromatic N) is 2. The maximum atomic E-state index is 9.93. The zero-order valence-electron chi connectivity index (χ0n) is 12.3. The van der Waals surface area contributed by atoms with Crippen molar-refractivity contribution in [2.45, 2.75) is 39.5 Å². The van der Waals surface area contributed by atoms with Crippen LogP contribution in [0.15, 0.2) is 22.1 Å². The summed E-state index contributed by atoms with van der Waals surface area (Å²) in [6.45, 7) is 5.67. The fraction of sp³-hybridized carbons (Fsp3) is 0.500.